The Balaban J connectivity index is 2.25. The first-order chi connectivity index (χ1) is 10.1. The molecular weight excluding hydrogens is 298 g/mol. The number of thiazole rings is 1. The van der Waals surface area contributed by atoms with E-state index in [9.17, 15) is 0 Å². The van der Waals surface area contributed by atoms with Crippen LogP contribution < -0.4 is 10.2 Å². The number of aromatic nitrogens is 1. The van der Waals surface area contributed by atoms with Crippen molar-refractivity contribution in [3.63, 3.8) is 0 Å². The summed E-state index contributed by atoms with van der Waals surface area (Å²) in [7, 11) is 0. The molecule has 2 heterocycles. The monoisotopic (exact) mass is 327 g/mol. The minimum absolute atomic E-state index is 0.551. The number of hydrogen-bond acceptors (Lipinski definition) is 5. The van der Waals surface area contributed by atoms with Gasteiger partial charge < -0.3 is 10.2 Å². The Labute approximate surface area is 137 Å². The van der Waals surface area contributed by atoms with E-state index >= 15 is 0 Å². The second kappa shape index (κ2) is 7.84. The molecule has 1 aromatic rings. The van der Waals surface area contributed by atoms with Crippen molar-refractivity contribution in [1.29, 1.82) is 0 Å². The first-order valence-corrected chi connectivity index (χ1v) is 10.0. The largest absolute Gasteiger partial charge is 0.343 e. The molecule has 3 atom stereocenters. The average Bonchev–Trinajstić information content (AvgIpc) is 2.91. The quantitative estimate of drug-likeness (QED) is 0.851. The molecule has 0 radical (unpaired) electrons. The molecule has 0 aliphatic carbocycles. The zero-order chi connectivity index (χ0) is 15.4. The molecule has 120 valence electrons. The van der Waals surface area contributed by atoms with Crippen molar-refractivity contribution in [2.75, 3.05) is 23.7 Å². The van der Waals surface area contributed by atoms with E-state index in [4.69, 9.17) is 4.98 Å². The van der Waals surface area contributed by atoms with Gasteiger partial charge in [-0.25, -0.2) is 4.98 Å². The first kappa shape index (κ1) is 17.1. The highest BCUT2D eigenvalue weighted by atomic mass is 32.2. The Kier molecular flexibility index (Phi) is 6.38. The molecule has 1 aliphatic rings. The molecule has 2 rings (SSSR count). The number of anilines is 1. The number of thioether (sulfide) groups is 1. The van der Waals surface area contributed by atoms with Gasteiger partial charge in [-0.05, 0) is 25.8 Å². The molecule has 1 saturated heterocycles. The van der Waals surface area contributed by atoms with Gasteiger partial charge in [0.2, 0.25) is 0 Å². The molecule has 0 amide bonds. The summed E-state index contributed by atoms with van der Waals surface area (Å²) in [5.41, 5.74) is 1.32. The van der Waals surface area contributed by atoms with Gasteiger partial charge in [-0.15, -0.1) is 11.3 Å². The molecule has 1 aromatic heterocycles. The zero-order valence-electron chi connectivity index (χ0n) is 14.0. The van der Waals surface area contributed by atoms with Crippen molar-refractivity contribution >= 4 is 28.2 Å². The van der Waals surface area contributed by atoms with Crippen LogP contribution in [0.2, 0.25) is 0 Å². The molecule has 0 saturated carbocycles. The summed E-state index contributed by atoms with van der Waals surface area (Å²) in [6.07, 6.45) is 1.16. The molecule has 21 heavy (non-hydrogen) atoms. The van der Waals surface area contributed by atoms with Gasteiger partial charge in [-0.1, -0.05) is 27.7 Å². The van der Waals surface area contributed by atoms with Gasteiger partial charge in [0.05, 0.1) is 5.69 Å². The van der Waals surface area contributed by atoms with Crippen LogP contribution in [0.15, 0.2) is 0 Å². The molecule has 3 nitrogen and oxygen atoms in total. The number of nitrogens with zero attached hydrogens (tertiary/aromatic N) is 2. The van der Waals surface area contributed by atoms with Crippen LogP contribution in [0.5, 0.6) is 0 Å². The summed E-state index contributed by atoms with van der Waals surface area (Å²) in [4.78, 5) is 8.99. The highest BCUT2D eigenvalue weighted by Gasteiger charge is 2.28. The smallest absolute Gasteiger partial charge is 0.186 e. The van der Waals surface area contributed by atoms with Gasteiger partial charge in [0.15, 0.2) is 5.13 Å². The number of rotatable bonds is 6. The predicted octanol–water partition coefficient (Wildman–Crippen LogP) is 4.10. The summed E-state index contributed by atoms with van der Waals surface area (Å²) < 4.78 is 0. The van der Waals surface area contributed by atoms with Crippen molar-refractivity contribution in [2.24, 2.45) is 0 Å². The molecule has 0 aromatic carbocycles. The van der Waals surface area contributed by atoms with Crippen molar-refractivity contribution in [3.8, 4) is 0 Å². The zero-order valence-corrected chi connectivity index (χ0v) is 15.6. The van der Waals surface area contributed by atoms with Crippen LogP contribution in [0.25, 0.3) is 0 Å². The summed E-state index contributed by atoms with van der Waals surface area (Å²) >= 11 is 3.98. The van der Waals surface area contributed by atoms with Crippen LogP contribution in [0.1, 0.15) is 57.5 Å². The first-order valence-electron chi connectivity index (χ1n) is 8.17. The maximum atomic E-state index is 5.04. The van der Waals surface area contributed by atoms with Crippen LogP contribution in [-0.2, 0) is 6.54 Å². The van der Waals surface area contributed by atoms with Crippen molar-refractivity contribution < 1.29 is 0 Å². The fourth-order valence-electron chi connectivity index (χ4n) is 2.62. The van der Waals surface area contributed by atoms with E-state index in [1.807, 2.05) is 11.3 Å². The number of nitrogens with one attached hydrogen (secondary N) is 1. The fourth-order valence-corrected chi connectivity index (χ4v) is 4.98. The number of hydrogen-bond donors (Lipinski definition) is 1. The van der Waals surface area contributed by atoms with Crippen LogP contribution >= 0.6 is 23.1 Å². The molecule has 1 aliphatic heterocycles. The topological polar surface area (TPSA) is 28.2 Å². The molecule has 1 fully saturated rings. The average molecular weight is 328 g/mol. The minimum Gasteiger partial charge on any atom is -0.343 e. The third-order valence-electron chi connectivity index (χ3n) is 4.46. The van der Waals surface area contributed by atoms with Gasteiger partial charge in [0.25, 0.3) is 0 Å². The highest BCUT2D eigenvalue weighted by Crippen LogP contribution is 2.36. The normalized spacial score (nSPS) is 24.3. The fraction of sp³-hybridized carbons (Fsp3) is 0.812. The molecule has 0 bridgehead atoms. The molecule has 0 spiro atoms. The van der Waals surface area contributed by atoms with Crippen LogP contribution in [0, 0.1) is 0 Å². The van der Waals surface area contributed by atoms with E-state index in [1.165, 1.54) is 21.5 Å². The van der Waals surface area contributed by atoms with E-state index in [2.05, 4.69) is 56.6 Å². The van der Waals surface area contributed by atoms with Gasteiger partial charge in [0.1, 0.15) is 0 Å². The highest BCUT2D eigenvalue weighted by molar-refractivity contribution is 8.00. The molecule has 1 N–H and O–H groups in total. The lowest BCUT2D eigenvalue weighted by Gasteiger charge is -2.37. The minimum atomic E-state index is 0.551. The van der Waals surface area contributed by atoms with Gasteiger partial charge in [0, 0.05) is 35.0 Å². The SMILES string of the molecule is CCNCc1sc(N2CCSC(C)C2C)nc1C(C)CC. The van der Waals surface area contributed by atoms with E-state index in [0.717, 1.165) is 26.1 Å². The van der Waals surface area contributed by atoms with Crippen molar-refractivity contribution in [1.82, 2.24) is 10.3 Å². The maximum Gasteiger partial charge on any atom is 0.186 e. The van der Waals surface area contributed by atoms with Crippen LogP contribution in [-0.4, -0.2) is 35.1 Å². The summed E-state index contributed by atoms with van der Waals surface area (Å²) in [5.74, 6) is 1.77. The van der Waals surface area contributed by atoms with Crippen LogP contribution in [0.3, 0.4) is 0 Å². The molecule has 3 unspecified atom stereocenters. The molecular formula is C16H29N3S2. The van der Waals surface area contributed by atoms with E-state index in [1.54, 1.807) is 0 Å². The Morgan fingerprint density at radius 3 is 2.81 bits per heavy atom. The Hall–Kier alpha value is -0.260. The van der Waals surface area contributed by atoms with E-state index in [-0.39, 0.29) is 0 Å². The Morgan fingerprint density at radius 2 is 2.14 bits per heavy atom. The van der Waals surface area contributed by atoms with Crippen molar-refractivity contribution in [2.45, 2.75) is 64.8 Å². The lowest BCUT2D eigenvalue weighted by Crippen LogP contribution is -2.44. The predicted molar refractivity (Wildman–Crippen MR) is 96.9 cm³/mol. The third kappa shape index (κ3) is 3.93. The summed E-state index contributed by atoms with van der Waals surface area (Å²) in [5, 5.41) is 5.39. The third-order valence-corrected chi connectivity index (χ3v) is 6.91. The second-order valence-corrected chi connectivity index (χ2v) is 8.45. The molecule has 5 heteroatoms. The summed E-state index contributed by atoms with van der Waals surface area (Å²) in [6.45, 7) is 14.5. The lowest BCUT2D eigenvalue weighted by atomic mass is 10.0. The lowest BCUT2D eigenvalue weighted by molar-refractivity contribution is 0.621. The summed E-state index contributed by atoms with van der Waals surface area (Å²) in [6, 6.07) is 0.576. The van der Waals surface area contributed by atoms with Gasteiger partial charge in [-0.3, -0.25) is 0 Å². The van der Waals surface area contributed by atoms with Crippen molar-refractivity contribution in [3.05, 3.63) is 10.6 Å². The second-order valence-electron chi connectivity index (χ2n) is 5.90. The standard InChI is InChI=1S/C16H29N3S2/c1-6-11(3)15-14(10-17-7-2)21-16(18-15)19-8-9-20-13(5)12(19)4/h11-13,17H,6-10H2,1-5H3. The van der Waals surface area contributed by atoms with Crippen LogP contribution in [0.4, 0.5) is 5.13 Å². The maximum absolute atomic E-state index is 5.04. The van der Waals surface area contributed by atoms with Gasteiger partial charge >= 0.3 is 0 Å². The Morgan fingerprint density at radius 1 is 1.38 bits per heavy atom. The Bertz CT molecular complexity index is 447. The van der Waals surface area contributed by atoms with E-state index < -0.39 is 0 Å². The van der Waals surface area contributed by atoms with Gasteiger partial charge in [-0.2, -0.15) is 11.8 Å². The van der Waals surface area contributed by atoms with E-state index in [0.29, 0.717) is 17.2 Å².